The number of hydrogen-bond donors (Lipinski definition) is 0. The van der Waals surface area contributed by atoms with E-state index in [1.54, 1.807) is 35.0 Å². The van der Waals surface area contributed by atoms with E-state index < -0.39 is 0 Å². The first-order chi connectivity index (χ1) is 15.0. The zero-order chi connectivity index (χ0) is 22.0. The first kappa shape index (κ1) is 20.3. The number of imidazole rings is 1. The highest BCUT2D eigenvalue weighted by atomic mass is 16.5. The molecule has 158 valence electrons. The summed E-state index contributed by atoms with van der Waals surface area (Å²) in [7, 11) is 5.72. The minimum atomic E-state index is -0.181. The molecule has 4 rings (SSSR count). The van der Waals surface area contributed by atoms with Crippen LogP contribution < -0.4 is 9.80 Å². The smallest absolute Gasteiger partial charge is 0.276 e. The topological polar surface area (TPSA) is 93.2 Å². The lowest BCUT2D eigenvalue weighted by Gasteiger charge is -2.20. The third-order valence-electron chi connectivity index (χ3n) is 4.98. The highest BCUT2D eigenvalue weighted by Gasteiger charge is 2.23. The van der Waals surface area contributed by atoms with Crippen molar-refractivity contribution in [3.63, 3.8) is 0 Å². The van der Waals surface area contributed by atoms with Gasteiger partial charge in [0.05, 0.1) is 18.1 Å². The average molecular weight is 417 g/mol. The number of pyridine rings is 1. The predicted molar refractivity (Wildman–Crippen MR) is 118 cm³/mol. The maximum Gasteiger partial charge on any atom is 0.276 e. The summed E-state index contributed by atoms with van der Waals surface area (Å²) in [6, 6.07) is 11.5. The van der Waals surface area contributed by atoms with Gasteiger partial charge in [-0.2, -0.15) is 4.98 Å². The minimum absolute atomic E-state index is 0.181. The van der Waals surface area contributed by atoms with Gasteiger partial charge in [-0.25, -0.2) is 4.98 Å². The fourth-order valence-electron chi connectivity index (χ4n) is 3.24. The zero-order valence-corrected chi connectivity index (χ0v) is 17.9. The van der Waals surface area contributed by atoms with Crippen LogP contribution in [-0.2, 0) is 7.05 Å². The van der Waals surface area contributed by atoms with Gasteiger partial charge in [0.15, 0.2) is 5.82 Å². The molecule has 0 aliphatic heterocycles. The molecule has 0 bridgehead atoms. The molecule has 0 aliphatic rings. The van der Waals surface area contributed by atoms with Gasteiger partial charge in [0.1, 0.15) is 5.69 Å². The van der Waals surface area contributed by atoms with E-state index in [9.17, 15) is 4.79 Å². The highest BCUT2D eigenvalue weighted by molar-refractivity contribution is 6.05. The molecule has 0 aliphatic carbocycles. The van der Waals surface area contributed by atoms with Crippen LogP contribution in [-0.4, -0.2) is 51.2 Å². The Kier molecular flexibility index (Phi) is 5.48. The summed E-state index contributed by atoms with van der Waals surface area (Å²) in [4.78, 5) is 29.7. The van der Waals surface area contributed by atoms with Crippen LogP contribution in [0.15, 0.2) is 59.5 Å². The first-order valence-electron chi connectivity index (χ1n) is 9.85. The number of anilines is 2. The van der Waals surface area contributed by atoms with Crippen LogP contribution in [0.4, 0.5) is 11.4 Å². The number of carbonyl (C=O) groups excluding carboxylic acids is 1. The number of carbonyl (C=O) groups is 1. The molecule has 0 saturated heterocycles. The lowest BCUT2D eigenvalue weighted by atomic mass is 10.2. The van der Waals surface area contributed by atoms with Gasteiger partial charge in [-0.1, -0.05) is 5.16 Å². The molecule has 0 unspecified atom stereocenters. The van der Waals surface area contributed by atoms with Gasteiger partial charge >= 0.3 is 0 Å². The summed E-state index contributed by atoms with van der Waals surface area (Å²) in [5.74, 6) is 0.977. The van der Waals surface area contributed by atoms with Gasteiger partial charge in [-0.15, -0.1) is 0 Å². The largest absolute Gasteiger partial charge is 0.378 e. The normalized spacial score (nSPS) is 10.8. The quantitative estimate of drug-likeness (QED) is 0.475. The van der Waals surface area contributed by atoms with Crippen LogP contribution in [0, 0.1) is 0 Å². The maximum absolute atomic E-state index is 13.1. The zero-order valence-electron chi connectivity index (χ0n) is 17.9. The molecular weight excluding hydrogens is 394 g/mol. The molecular formula is C22H23N7O2. The molecule has 0 N–H and O–H groups in total. The van der Waals surface area contributed by atoms with Crippen molar-refractivity contribution in [3.05, 3.63) is 60.7 Å². The SMILES string of the molecule is CCN(C(=O)c1cnc(-c2noc(-c3ccc(N(C)C)cc3)n2)n1C)c1cccnc1. The molecule has 0 spiro atoms. The van der Waals surface area contributed by atoms with Crippen LogP contribution in [0.2, 0.25) is 0 Å². The summed E-state index contributed by atoms with van der Waals surface area (Å²) < 4.78 is 7.11. The van der Waals surface area contributed by atoms with Crippen molar-refractivity contribution >= 4 is 17.3 Å². The van der Waals surface area contributed by atoms with Crippen LogP contribution in [0.25, 0.3) is 23.1 Å². The van der Waals surface area contributed by atoms with Crippen molar-refractivity contribution in [3.8, 4) is 23.1 Å². The second-order valence-electron chi connectivity index (χ2n) is 7.15. The molecule has 9 nitrogen and oxygen atoms in total. The molecule has 9 heteroatoms. The van der Waals surface area contributed by atoms with Crippen LogP contribution >= 0.6 is 0 Å². The maximum atomic E-state index is 13.1. The van der Waals surface area contributed by atoms with Crippen molar-refractivity contribution in [2.45, 2.75) is 6.92 Å². The van der Waals surface area contributed by atoms with E-state index in [2.05, 4.69) is 20.1 Å². The molecule has 0 radical (unpaired) electrons. The van der Waals surface area contributed by atoms with E-state index in [-0.39, 0.29) is 5.91 Å². The molecule has 0 fully saturated rings. The molecule has 0 atom stereocenters. The average Bonchev–Trinajstić information content (AvgIpc) is 3.42. The van der Waals surface area contributed by atoms with Crippen molar-refractivity contribution in [1.29, 1.82) is 0 Å². The third kappa shape index (κ3) is 3.89. The fraction of sp³-hybridized carbons (Fsp3) is 0.227. The van der Waals surface area contributed by atoms with Crippen molar-refractivity contribution in [2.24, 2.45) is 7.05 Å². The summed E-state index contributed by atoms with van der Waals surface area (Å²) in [5.41, 5.74) is 3.02. The van der Waals surface area contributed by atoms with E-state index in [4.69, 9.17) is 4.52 Å². The monoisotopic (exact) mass is 417 g/mol. The Balaban J connectivity index is 1.61. The Labute approximate surface area is 180 Å². The Hall–Kier alpha value is -4.01. The van der Waals surface area contributed by atoms with Gasteiger partial charge in [-0.3, -0.25) is 9.78 Å². The van der Waals surface area contributed by atoms with E-state index in [0.717, 1.165) is 16.9 Å². The molecule has 1 aromatic carbocycles. The van der Waals surface area contributed by atoms with E-state index >= 15 is 0 Å². The van der Waals surface area contributed by atoms with Gasteiger partial charge in [0, 0.05) is 45.1 Å². The molecule has 0 saturated carbocycles. The number of benzene rings is 1. The van der Waals surface area contributed by atoms with Crippen LogP contribution in [0.5, 0.6) is 0 Å². The van der Waals surface area contributed by atoms with E-state index in [1.165, 1.54) is 6.20 Å². The fourth-order valence-corrected chi connectivity index (χ4v) is 3.24. The molecule has 31 heavy (non-hydrogen) atoms. The molecule has 1 amide bonds. The van der Waals surface area contributed by atoms with Gasteiger partial charge in [0.2, 0.25) is 5.82 Å². The van der Waals surface area contributed by atoms with Crippen molar-refractivity contribution in [1.82, 2.24) is 24.7 Å². The van der Waals surface area contributed by atoms with E-state index in [1.807, 2.05) is 56.3 Å². The predicted octanol–water partition coefficient (Wildman–Crippen LogP) is 3.26. The summed E-state index contributed by atoms with van der Waals surface area (Å²) in [6.45, 7) is 2.41. The molecule has 4 aromatic rings. The van der Waals surface area contributed by atoms with Crippen LogP contribution in [0.1, 0.15) is 17.4 Å². The summed E-state index contributed by atoms with van der Waals surface area (Å²) >= 11 is 0. The van der Waals surface area contributed by atoms with Gasteiger partial charge < -0.3 is 18.9 Å². The number of aromatic nitrogens is 5. The molecule has 3 heterocycles. The Bertz CT molecular complexity index is 1180. The summed E-state index contributed by atoms with van der Waals surface area (Å²) in [6.07, 6.45) is 4.86. The second kappa shape index (κ2) is 8.39. The van der Waals surface area contributed by atoms with Crippen LogP contribution in [0.3, 0.4) is 0 Å². The highest BCUT2D eigenvalue weighted by Crippen LogP contribution is 2.24. The Morgan fingerprint density at radius 3 is 2.52 bits per heavy atom. The second-order valence-corrected chi connectivity index (χ2v) is 7.15. The van der Waals surface area contributed by atoms with Crippen molar-refractivity contribution < 1.29 is 9.32 Å². The minimum Gasteiger partial charge on any atom is -0.378 e. The standard InChI is InChI=1S/C22H23N7O2/c1-5-29(17-7-6-12-23-13-17)22(30)18-14-24-20(28(18)4)19-25-21(31-26-19)15-8-10-16(11-9-15)27(2)3/h6-14H,5H2,1-4H3. The first-order valence-corrected chi connectivity index (χ1v) is 9.85. The third-order valence-corrected chi connectivity index (χ3v) is 4.98. The van der Waals surface area contributed by atoms with Gasteiger partial charge in [-0.05, 0) is 43.3 Å². The number of amides is 1. The number of hydrogen-bond acceptors (Lipinski definition) is 7. The Morgan fingerprint density at radius 1 is 1.10 bits per heavy atom. The van der Waals surface area contributed by atoms with Gasteiger partial charge in [0.25, 0.3) is 11.8 Å². The lowest BCUT2D eigenvalue weighted by Crippen LogP contribution is -2.32. The number of nitrogens with zero attached hydrogens (tertiary/aromatic N) is 7. The Morgan fingerprint density at radius 2 is 1.87 bits per heavy atom. The molecule has 3 aromatic heterocycles. The lowest BCUT2D eigenvalue weighted by molar-refractivity contribution is 0.0980. The summed E-state index contributed by atoms with van der Waals surface area (Å²) in [5, 5.41) is 4.06. The van der Waals surface area contributed by atoms with E-state index in [0.29, 0.717) is 29.8 Å². The number of rotatable bonds is 6. The van der Waals surface area contributed by atoms with Crippen molar-refractivity contribution in [2.75, 3.05) is 30.4 Å².